The molecular weight excluding hydrogens is 209 g/mol. The van der Waals surface area contributed by atoms with Crippen molar-refractivity contribution >= 4 is 19.7 Å². The van der Waals surface area contributed by atoms with Crippen LogP contribution in [-0.4, -0.2) is 13.4 Å². The summed E-state index contributed by atoms with van der Waals surface area (Å²) in [6, 6.07) is 0.873. The molecule has 4 nitrogen and oxygen atoms in total. The lowest BCUT2D eigenvalue weighted by molar-refractivity contribution is 0.540. The molecule has 0 bridgehead atoms. The first-order valence-electron chi connectivity index (χ1n) is 2.75. The van der Waals surface area contributed by atoms with E-state index < -0.39 is 25.3 Å². The molecule has 0 atom stereocenters. The van der Waals surface area contributed by atoms with Crippen LogP contribution in [0.1, 0.15) is 0 Å². The molecule has 0 fully saturated rings. The Morgan fingerprint density at radius 1 is 1.50 bits per heavy atom. The molecule has 1 N–H and O–H groups in total. The van der Waals surface area contributed by atoms with Crippen molar-refractivity contribution < 1.29 is 12.8 Å². The predicted molar refractivity (Wildman–Crippen MR) is 40.1 cm³/mol. The third kappa shape index (κ3) is 1.64. The fourth-order valence-electron chi connectivity index (χ4n) is 0.667. The highest BCUT2D eigenvalue weighted by molar-refractivity contribution is 8.13. The van der Waals surface area contributed by atoms with E-state index in [1.807, 2.05) is 4.98 Å². The number of hydrogen-bond donors (Lipinski definition) is 1. The Morgan fingerprint density at radius 3 is 2.42 bits per heavy atom. The van der Waals surface area contributed by atoms with E-state index in [0.717, 1.165) is 12.3 Å². The minimum absolute atomic E-state index is 0.873. The van der Waals surface area contributed by atoms with Gasteiger partial charge in [0, 0.05) is 22.9 Å². The van der Waals surface area contributed by atoms with E-state index in [-0.39, 0.29) is 0 Å². The Hall–Kier alpha value is -0.880. The largest absolute Gasteiger partial charge is 0.337 e. The van der Waals surface area contributed by atoms with Gasteiger partial charge in [-0.25, -0.2) is 8.42 Å². The van der Waals surface area contributed by atoms with Crippen molar-refractivity contribution in [2.24, 2.45) is 0 Å². The second kappa shape index (κ2) is 2.87. The van der Waals surface area contributed by atoms with Crippen LogP contribution in [0.4, 0.5) is 4.39 Å². The maximum atomic E-state index is 12.6. The van der Waals surface area contributed by atoms with Crippen molar-refractivity contribution in [1.29, 1.82) is 0 Å². The Labute approximate surface area is 71.4 Å². The predicted octanol–water partition coefficient (Wildman–Crippen LogP) is 0.442. The Bertz CT molecular complexity index is 452. The van der Waals surface area contributed by atoms with E-state index in [0.29, 0.717) is 0 Å². The number of aromatic nitrogens is 1. The topological polar surface area (TPSA) is 67.0 Å². The highest BCUT2D eigenvalue weighted by Crippen LogP contribution is 2.11. The van der Waals surface area contributed by atoms with E-state index >= 15 is 0 Å². The van der Waals surface area contributed by atoms with Gasteiger partial charge in [0.15, 0.2) is 4.90 Å². The summed E-state index contributed by atoms with van der Waals surface area (Å²) < 4.78 is 33.8. The number of nitrogens with one attached hydrogen (secondary N) is 1. The standard InChI is InChI=1S/C5H3ClFNO3S/c6-12(10,11)4-3(9)1-2-8-5(4)7/h1-2H,(H,8,9). The minimum Gasteiger partial charge on any atom is -0.337 e. The molecule has 7 heteroatoms. The lowest BCUT2D eigenvalue weighted by Gasteiger charge is -1.94. The molecule has 1 heterocycles. The van der Waals surface area contributed by atoms with Gasteiger partial charge in [0.05, 0.1) is 0 Å². The van der Waals surface area contributed by atoms with Crippen LogP contribution in [-0.2, 0) is 9.05 Å². The average molecular weight is 212 g/mol. The summed E-state index contributed by atoms with van der Waals surface area (Å²) in [6.07, 6.45) is 0.989. The monoisotopic (exact) mass is 211 g/mol. The van der Waals surface area contributed by atoms with Crippen LogP contribution in [0.15, 0.2) is 22.0 Å². The van der Waals surface area contributed by atoms with E-state index in [1.54, 1.807) is 0 Å². The van der Waals surface area contributed by atoms with Gasteiger partial charge in [-0.3, -0.25) is 4.79 Å². The van der Waals surface area contributed by atoms with Gasteiger partial charge < -0.3 is 4.98 Å². The van der Waals surface area contributed by atoms with Gasteiger partial charge in [-0.15, -0.1) is 0 Å². The zero-order chi connectivity index (χ0) is 9.35. The lowest BCUT2D eigenvalue weighted by Crippen LogP contribution is -2.13. The van der Waals surface area contributed by atoms with E-state index in [2.05, 4.69) is 0 Å². The first-order valence-corrected chi connectivity index (χ1v) is 5.05. The van der Waals surface area contributed by atoms with Crippen LogP contribution in [0, 0.1) is 5.95 Å². The number of hydrogen-bond acceptors (Lipinski definition) is 3. The number of rotatable bonds is 1. The second-order valence-electron chi connectivity index (χ2n) is 1.92. The van der Waals surface area contributed by atoms with Crippen molar-refractivity contribution in [2.75, 3.05) is 0 Å². The van der Waals surface area contributed by atoms with Crippen LogP contribution < -0.4 is 5.43 Å². The third-order valence-electron chi connectivity index (χ3n) is 1.11. The molecule has 0 aliphatic heterocycles. The summed E-state index contributed by atoms with van der Waals surface area (Å²) in [5.74, 6) is -1.25. The molecule has 1 rings (SSSR count). The van der Waals surface area contributed by atoms with Crippen LogP contribution in [0.3, 0.4) is 0 Å². The average Bonchev–Trinajstić information content (AvgIpc) is 1.82. The highest BCUT2D eigenvalue weighted by atomic mass is 35.7. The third-order valence-corrected chi connectivity index (χ3v) is 2.44. The van der Waals surface area contributed by atoms with Gasteiger partial charge in [0.2, 0.25) is 11.4 Å². The molecule has 66 valence electrons. The van der Waals surface area contributed by atoms with Gasteiger partial charge in [-0.2, -0.15) is 4.39 Å². The van der Waals surface area contributed by atoms with Gasteiger partial charge in [0.1, 0.15) is 0 Å². The lowest BCUT2D eigenvalue weighted by atomic mass is 10.5. The van der Waals surface area contributed by atoms with Crippen LogP contribution in [0.2, 0.25) is 0 Å². The Balaban J connectivity index is 3.65. The Kier molecular flexibility index (Phi) is 2.20. The number of halogens is 2. The van der Waals surface area contributed by atoms with Gasteiger partial charge >= 0.3 is 0 Å². The van der Waals surface area contributed by atoms with E-state index in [1.165, 1.54) is 0 Å². The van der Waals surface area contributed by atoms with Crippen molar-refractivity contribution in [3.05, 3.63) is 28.4 Å². The molecule has 0 spiro atoms. The quantitative estimate of drug-likeness (QED) is 0.542. The first-order chi connectivity index (χ1) is 5.43. The summed E-state index contributed by atoms with van der Waals surface area (Å²) >= 11 is 0. The number of aromatic amines is 1. The van der Waals surface area contributed by atoms with Crippen molar-refractivity contribution in [1.82, 2.24) is 4.98 Å². The molecule has 0 saturated heterocycles. The van der Waals surface area contributed by atoms with Crippen LogP contribution in [0.5, 0.6) is 0 Å². The molecule has 0 aromatic carbocycles. The normalized spacial score (nSPS) is 11.5. The van der Waals surface area contributed by atoms with Gasteiger partial charge in [0.25, 0.3) is 9.05 Å². The maximum Gasteiger partial charge on any atom is 0.269 e. The molecule has 0 unspecified atom stereocenters. The summed E-state index contributed by atoms with van der Waals surface area (Å²) in [7, 11) is 0.471. The summed E-state index contributed by atoms with van der Waals surface area (Å²) in [5.41, 5.74) is -0.971. The molecule has 0 amide bonds. The molecular formula is C5H3ClFNO3S. The molecule has 0 aliphatic carbocycles. The summed E-state index contributed by atoms with van der Waals surface area (Å²) in [6.45, 7) is 0. The fraction of sp³-hybridized carbons (Fsp3) is 0. The number of H-pyrrole nitrogens is 1. The summed E-state index contributed by atoms with van der Waals surface area (Å²) in [5, 5.41) is 0. The van der Waals surface area contributed by atoms with Crippen molar-refractivity contribution in [3.8, 4) is 0 Å². The van der Waals surface area contributed by atoms with Gasteiger partial charge in [-0.1, -0.05) is 0 Å². The molecule has 0 aliphatic rings. The second-order valence-corrected chi connectivity index (χ2v) is 4.43. The zero-order valence-corrected chi connectivity index (χ0v) is 7.12. The van der Waals surface area contributed by atoms with E-state index in [9.17, 15) is 17.6 Å². The molecule has 1 aromatic rings. The van der Waals surface area contributed by atoms with Crippen LogP contribution in [0.25, 0.3) is 0 Å². The van der Waals surface area contributed by atoms with Crippen LogP contribution >= 0.6 is 10.7 Å². The molecule has 0 saturated carbocycles. The van der Waals surface area contributed by atoms with Crippen molar-refractivity contribution in [3.63, 3.8) is 0 Å². The maximum absolute atomic E-state index is 12.6. The highest BCUT2D eigenvalue weighted by Gasteiger charge is 2.19. The molecule has 12 heavy (non-hydrogen) atoms. The SMILES string of the molecule is O=c1cc[nH]c(F)c1S(=O)(=O)Cl. The summed E-state index contributed by atoms with van der Waals surface area (Å²) in [4.78, 5) is 11.6. The molecule has 0 radical (unpaired) electrons. The van der Waals surface area contributed by atoms with Gasteiger partial charge in [-0.05, 0) is 0 Å². The minimum atomic E-state index is -4.31. The Morgan fingerprint density at radius 2 is 2.08 bits per heavy atom. The fourth-order valence-corrected chi connectivity index (χ4v) is 1.68. The van der Waals surface area contributed by atoms with E-state index in [4.69, 9.17) is 10.7 Å². The van der Waals surface area contributed by atoms with Crippen molar-refractivity contribution in [2.45, 2.75) is 4.90 Å². The zero-order valence-electron chi connectivity index (χ0n) is 5.54. The smallest absolute Gasteiger partial charge is 0.269 e. The first kappa shape index (κ1) is 9.21. The number of pyridine rings is 1. The molecule has 1 aromatic heterocycles.